The summed E-state index contributed by atoms with van der Waals surface area (Å²) in [6.45, 7) is 1.68. The van der Waals surface area contributed by atoms with Crippen molar-refractivity contribution in [3.63, 3.8) is 0 Å². The maximum atomic E-state index is 12.1. The Morgan fingerprint density at radius 1 is 1.48 bits per heavy atom. The Bertz CT molecular complexity index is 692. The molecule has 0 saturated heterocycles. The van der Waals surface area contributed by atoms with Crippen LogP contribution in [0.4, 0.5) is 5.69 Å². The fourth-order valence-corrected chi connectivity index (χ4v) is 3.11. The van der Waals surface area contributed by atoms with E-state index in [4.69, 9.17) is 37.4 Å². The average Bonchev–Trinajstić information content (AvgIpc) is 3.03. The molecule has 1 aliphatic carbocycles. The van der Waals surface area contributed by atoms with Crippen molar-refractivity contribution < 1.29 is 23.9 Å². The molecule has 1 fully saturated rings. The maximum absolute atomic E-state index is 12.1. The van der Waals surface area contributed by atoms with E-state index in [-0.39, 0.29) is 25.7 Å². The Kier molecular flexibility index (Phi) is 3.90. The quantitative estimate of drug-likeness (QED) is 0.354. The van der Waals surface area contributed by atoms with Crippen LogP contribution in [-0.2, 0) is 27.5 Å². The number of nitro benzene ring substituents is 1. The molecular formula is C14H13Cl2NO6. The molecule has 1 atom stereocenters. The number of nitro groups is 1. The Morgan fingerprint density at radius 2 is 2.17 bits per heavy atom. The summed E-state index contributed by atoms with van der Waals surface area (Å²) in [7, 11) is 0. The van der Waals surface area contributed by atoms with Gasteiger partial charge in [0.2, 0.25) is 0 Å². The van der Waals surface area contributed by atoms with Crippen molar-refractivity contribution in [3.05, 3.63) is 33.4 Å². The molecule has 0 radical (unpaired) electrons. The van der Waals surface area contributed by atoms with E-state index >= 15 is 0 Å². The van der Waals surface area contributed by atoms with Crippen molar-refractivity contribution in [2.75, 3.05) is 6.79 Å². The number of halogens is 2. The Balaban J connectivity index is 1.81. The molecule has 0 amide bonds. The molecule has 0 aromatic heterocycles. The van der Waals surface area contributed by atoms with Gasteiger partial charge in [-0.2, -0.15) is 0 Å². The van der Waals surface area contributed by atoms with Crippen LogP contribution in [0.3, 0.4) is 0 Å². The molecule has 0 spiro atoms. The molecule has 1 heterocycles. The number of rotatable bonds is 4. The summed E-state index contributed by atoms with van der Waals surface area (Å²) in [6, 6.07) is 2.70. The Hall–Kier alpha value is -1.57. The number of non-ortho nitro benzene ring substituents is 1. The predicted octanol–water partition coefficient (Wildman–Crippen LogP) is 3.09. The van der Waals surface area contributed by atoms with Crippen LogP contribution in [0.15, 0.2) is 12.1 Å². The standard InChI is InChI=1S/C14H13Cl2NO6/c1-13(6-14(13,15)16)12(18)22-5-9-3-10(17(19)20)2-8-4-21-7-23-11(8)9/h2-3H,4-7H2,1H3/t13-/m1/s1. The van der Waals surface area contributed by atoms with Gasteiger partial charge < -0.3 is 14.2 Å². The van der Waals surface area contributed by atoms with Crippen LogP contribution in [0.5, 0.6) is 5.75 Å². The minimum atomic E-state index is -1.13. The molecule has 1 aliphatic heterocycles. The molecule has 23 heavy (non-hydrogen) atoms. The normalized spacial score (nSPS) is 24.3. The van der Waals surface area contributed by atoms with Crippen LogP contribution in [0.25, 0.3) is 0 Å². The third-order valence-electron chi connectivity index (χ3n) is 4.05. The number of alkyl halides is 2. The highest BCUT2D eigenvalue weighted by atomic mass is 35.5. The number of fused-ring (bicyclic) bond motifs is 1. The number of hydrogen-bond acceptors (Lipinski definition) is 6. The summed E-state index contributed by atoms with van der Waals surface area (Å²) in [4.78, 5) is 22.6. The fourth-order valence-electron chi connectivity index (χ4n) is 2.42. The highest BCUT2D eigenvalue weighted by molar-refractivity contribution is 6.53. The van der Waals surface area contributed by atoms with E-state index in [0.29, 0.717) is 23.3 Å². The van der Waals surface area contributed by atoms with E-state index in [1.807, 2.05) is 0 Å². The zero-order chi connectivity index (χ0) is 16.8. The molecule has 7 nitrogen and oxygen atoms in total. The summed E-state index contributed by atoms with van der Waals surface area (Å²) >= 11 is 11.9. The highest BCUT2D eigenvalue weighted by Crippen LogP contribution is 2.64. The van der Waals surface area contributed by atoms with Gasteiger partial charge in [-0.05, 0) is 6.92 Å². The summed E-state index contributed by atoms with van der Waals surface area (Å²) in [5, 5.41) is 11.0. The molecular weight excluding hydrogens is 349 g/mol. The molecule has 124 valence electrons. The van der Waals surface area contributed by atoms with Crippen molar-refractivity contribution in [2.24, 2.45) is 5.41 Å². The van der Waals surface area contributed by atoms with Gasteiger partial charge in [-0.15, -0.1) is 23.2 Å². The van der Waals surface area contributed by atoms with E-state index in [1.54, 1.807) is 6.92 Å². The minimum Gasteiger partial charge on any atom is -0.467 e. The summed E-state index contributed by atoms with van der Waals surface area (Å²) in [5.41, 5.74) is -0.130. The number of esters is 1. The van der Waals surface area contributed by atoms with Gasteiger partial charge in [0.05, 0.1) is 11.5 Å². The number of carbonyl (C=O) groups is 1. The maximum Gasteiger partial charge on any atom is 0.315 e. The van der Waals surface area contributed by atoms with Gasteiger partial charge in [0.15, 0.2) is 6.79 Å². The van der Waals surface area contributed by atoms with Gasteiger partial charge in [0.1, 0.15) is 22.1 Å². The summed E-state index contributed by atoms with van der Waals surface area (Å²) in [5.74, 6) is -0.103. The van der Waals surface area contributed by atoms with Gasteiger partial charge in [0.25, 0.3) is 5.69 Å². The van der Waals surface area contributed by atoms with Crippen molar-refractivity contribution in [1.82, 2.24) is 0 Å². The molecule has 0 N–H and O–H groups in total. The monoisotopic (exact) mass is 361 g/mol. The smallest absolute Gasteiger partial charge is 0.315 e. The third kappa shape index (κ3) is 2.84. The zero-order valence-electron chi connectivity index (χ0n) is 12.1. The third-order valence-corrected chi connectivity index (χ3v) is 5.15. The molecule has 1 aromatic carbocycles. The van der Waals surface area contributed by atoms with Crippen molar-refractivity contribution in [1.29, 1.82) is 0 Å². The first kappa shape index (κ1) is 16.3. The number of ether oxygens (including phenoxy) is 3. The van der Waals surface area contributed by atoms with Crippen LogP contribution < -0.4 is 4.74 Å². The second-order valence-electron chi connectivity index (χ2n) is 5.75. The molecule has 1 aromatic rings. The second kappa shape index (κ2) is 5.51. The topological polar surface area (TPSA) is 87.9 Å². The van der Waals surface area contributed by atoms with Crippen LogP contribution in [-0.4, -0.2) is 22.0 Å². The number of hydrogen-bond donors (Lipinski definition) is 0. The number of nitrogens with zero attached hydrogens (tertiary/aromatic N) is 1. The largest absolute Gasteiger partial charge is 0.467 e. The Morgan fingerprint density at radius 3 is 2.78 bits per heavy atom. The second-order valence-corrected chi connectivity index (χ2v) is 7.23. The minimum absolute atomic E-state index is 0.0376. The van der Waals surface area contributed by atoms with Crippen molar-refractivity contribution >= 4 is 34.9 Å². The number of benzene rings is 1. The van der Waals surface area contributed by atoms with E-state index in [9.17, 15) is 14.9 Å². The van der Waals surface area contributed by atoms with Crippen LogP contribution in [0.2, 0.25) is 0 Å². The molecule has 2 aliphatic rings. The van der Waals surface area contributed by atoms with Crippen LogP contribution >= 0.6 is 23.2 Å². The Labute approximate surface area is 141 Å². The van der Waals surface area contributed by atoms with Gasteiger partial charge in [-0.1, -0.05) is 0 Å². The lowest BCUT2D eigenvalue weighted by atomic mass is 10.1. The fraction of sp³-hybridized carbons (Fsp3) is 0.500. The lowest BCUT2D eigenvalue weighted by Gasteiger charge is -2.21. The van der Waals surface area contributed by atoms with Crippen molar-refractivity contribution in [3.8, 4) is 5.75 Å². The van der Waals surface area contributed by atoms with Crippen LogP contribution in [0, 0.1) is 15.5 Å². The van der Waals surface area contributed by atoms with E-state index in [0.717, 1.165) is 0 Å². The molecule has 3 rings (SSSR count). The summed E-state index contributed by atoms with van der Waals surface area (Å²) in [6.07, 6.45) is 0.305. The molecule has 9 heteroatoms. The first-order valence-electron chi connectivity index (χ1n) is 6.80. The molecule has 0 unspecified atom stereocenters. The van der Waals surface area contributed by atoms with Crippen molar-refractivity contribution in [2.45, 2.75) is 30.9 Å². The van der Waals surface area contributed by atoms with E-state index in [1.165, 1.54) is 12.1 Å². The SMILES string of the molecule is C[C@]1(C(=O)OCc2cc([N+](=O)[O-])cc3c2OCOC3)CC1(Cl)Cl. The molecule has 0 bridgehead atoms. The first-order chi connectivity index (χ1) is 10.7. The van der Waals surface area contributed by atoms with Crippen LogP contribution in [0.1, 0.15) is 24.5 Å². The lowest BCUT2D eigenvalue weighted by molar-refractivity contribution is -0.385. The average molecular weight is 362 g/mol. The molecule has 1 saturated carbocycles. The van der Waals surface area contributed by atoms with E-state index < -0.39 is 20.6 Å². The first-order valence-corrected chi connectivity index (χ1v) is 7.56. The predicted molar refractivity (Wildman–Crippen MR) is 80.3 cm³/mol. The number of carbonyl (C=O) groups excluding carboxylic acids is 1. The van der Waals surface area contributed by atoms with E-state index in [2.05, 4.69) is 0 Å². The van der Waals surface area contributed by atoms with Gasteiger partial charge in [-0.3, -0.25) is 14.9 Å². The lowest BCUT2D eigenvalue weighted by Crippen LogP contribution is -2.21. The zero-order valence-corrected chi connectivity index (χ0v) is 13.6. The van der Waals surface area contributed by atoms with Gasteiger partial charge in [-0.25, -0.2) is 0 Å². The van der Waals surface area contributed by atoms with Gasteiger partial charge >= 0.3 is 5.97 Å². The van der Waals surface area contributed by atoms with Gasteiger partial charge in [0, 0.05) is 29.7 Å². The summed E-state index contributed by atoms with van der Waals surface area (Å²) < 4.78 is 14.6. The highest BCUT2D eigenvalue weighted by Gasteiger charge is 2.69.